The van der Waals surface area contributed by atoms with Crippen LogP contribution < -0.4 is 5.32 Å². The van der Waals surface area contributed by atoms with Crippen molar-refractivity contribution in [3.8, 4) is 0 Å². The molecule has 1 unspecified atom stereocenters. The molecule has 126 valence electrons. The number of esters is 1. The van der Waals surface area contributed by atoms with Gasteiger partial charge in [0.25, 0.3) is 0 Å². The molecule has 1 fully saturated rings. The lowest BCUT2D eigenvalue weighted by Crippen LogP contribution is -2.34. The van der Waals surface area contributed by atoms with Crippen LogP contribution in [0.2, 0.25) is 0 Å². The summed E-state index contributed by atoms with van der Waals surface area (Å²) in [6.45, 7) is 2.75. The van der Waals surface area contributed by atoms with Crippen molar-refractivity contribution in [2.75, 3.05) is 33.3 Å². The van der Waals surface area contributed by atoms with Crippen molar-refractivity contribution in [3.05, 3.63) is 35.9 Å². The average molecular weight is 318 g/mol. The monoisotopic (exact) mass is 318 g/mol. The zero-order valence-corrected chi connectivity index (χ0v) is 13.8. The van der Waals surface area contributed by atoms with Gasteiger partial charge in [0.05, 0.1) is 7.11 Å². The van der Waals surface area contributed by atoms with Crippen molar-refractivity contribution in [2.24, 2.45) is 0 Å². The van der Waals surface area contributed by atoms with Crippen molar-refractivity contribution < 1.29 is 14.3 Å². The highest BCUT2D eigenvalue weighted by Crippen LogP contribution is 2.27. The number of hydrogen-bond acceptors (Lipinski definition) is 4. The van der Waals surface area contributed by atoms with Gasteiger partial charge in [0, 0.05) is 13.0 Å². The number of carbonyl (C=O) groups is 2. The number of nitrogens with zero attached hydrogens (tertiary/aromatic N) is 1. The molecule has 1 heterocycles. The third-order valence-electron chi connectivity index (χ3n) is 4.40. The van der Waals surface area contributed by atoms with Gasteiger partial charge in [-0.2, -0.15) is 0 Å². The van der Waals surface area contributed by atoms with Gasteiger partial charge in [-0.05, 0) is 43.8 Å². The van der Waals surface area contributed by atoms with Crippen molar-refractivity contribution in [2.45, 2.75) is 31.6 Å². The molecule has 23 heavy (non-hydrogen) atoms. The Morgan fingerprint density at radius 1 is 1.22 bits per heavy atom. The molecule has 0 radical (unpaired) electrons. The molecule has 5 heteroatoms. The minimum Gasteiger partial charge on any atom is -0.468 e. The lowest BCUT2D eigenvalue weighted by atomic mass is 9.92. The summed E-state index contributed by atoms with van der Waals surface area (Å²) >= 11 is 0. The molecule has 1 amide bonds. The van der Waals surface area contributed by atoms with Gasteiger partial charge in [0.1, 0.15) is 6.54 Å². The highest BCUT2D eigenvalue weighted by Gasteiger charge is 2.18. The maximum absolute atomic E-state index is 11.7. The van der Waals surface area contributed by atoms with Crippen molar-refractivity contribution in [1.29, 1.82) is 0 Å². The average Bonchev–Trinajstić information content (AvgIpc) is 2.84. The number of benzene rings is 1. The number of rotatable bonds is 6. The Balaban J connectivity index is 1.71. The predicted octanol–water partition coefficient (Wildman–Crippen LogP) is 1.94. The lowest BCUT2D eigenvalue weighted by molar-refractivity contribution is -0.141. The normalized spacial score (nSPS) is 18.9. The zero-order chi connectivity index (χ0) is 16.5. The first kappa shape index (κ1) is 17.5. The van der Waals surface area contributed by atoms with Gasteiger partial charge in [0.2, 0.25) is 5.91 Å². The van der Waals surface area contributed by atoms with Gasteiger partial charge in [-0.25, -0.2) is 0 Å². The molecule has 0 saturated carbocycles. The van der Waals surface area contributed by atoms with Crippen LogP contribution in [0.15, 0.2) is 30.3 Å². The van der Waals surface area contributed by atoms with E-state index in [-0.39, 0.29) is 12.5 Å². The van der Waals surface area contributed by atoms with Crippen molar-refractivity contribution in [3.63, 3.8) is 0 Å². The SMILES string of the molecule is COC(=O)CNC(=O)CCN1CCCC(c2ccccc2)CC1. The van der Waals surface area contributed by atoms with Crippen LogP contribution in [0, 0.1) is 0 Å². The van der Waals surface area contributed by atoms with E-state index in [1.54, 1.807) is 0 Å². The fourth-order valence-electron chi connectivity index (χ4n) is 3.03. The van der Waals surface area contributed by atoms with Crippen LogP contribution in [0.3, 0.4) is 0 Å². The number of methoxy groups -OCH3 is 1. The molecule has 1 atom stereocenters. The highest BCUT2D eigenvalue weighted by atomic mass is 16.5. The van der Waals surface area contributed by atoms with E-state index in [1.165, 1.54) is 19.1 Å². The van der Waals surface area contributed by atoms with E-state index < -0.39 is 5.97 Å². The van der Waals surface area contributed by atoms with Gasteiger partial charge < -0.3 is 15.0 Å². The molecule has 1 aromatic carbocycles. The molecular weight excluding hydrogens is 292 g/mol. The second-order valence-electron chi connectivity index (χ2n) is 5.98. The van der Waals surface area contributed by atoms with E-state index in [0.717, 1.165) is 32.5 Å². The highest BCUT2D eigenvalue weighted by molar-refractivity contribution is 5.81. The molecule has 0 spiro atoms. The summed E-state index contributed by atoms with van der Waals surface area (Å²) in [5, 5.41) is 2.58. The molecule has 0 aromatic heterocycles. The third-order valence-corrected chi connectivity index (χ3v) is 4.40. The smallest absolute Gasteiger partial charge is 0.325 e. The van der Waals surface area contributed by atoms with Crippen molar-refractivity contribution >= 4 is 11.9 Å². The molecule has 5 nitrogen and oxygen atoms in total. The second kappa shape index (κ2) is 9.30. The number of carbonyl (C=O) groups excluding carboxylic acids is 2. The molecule has 0 aliphatic carbocycles. The van der Waals surface area contributed by atoms with E-state index in [4.69, 9.17) is 0 Å². The second-order valence-corrected chi connectivity index (χ2v) is 5.98. The van der Waals surface area contributed by atoms with Crippen LogP contribution >= 0.6 is 0 Å². The maximum atomic E-state index is 11.7. The van der Waals surface area contributed by atoms with Gasteiger partial charge in [-0.15, -0.1) is 0 Å². The summed E-state index contributed by atoms with van der Waals surface area (Å²) in [6.07, 6.45) is 3.92. The van der Waals surface area contributed by atoms with Crippen molar-refractivity contribution in [1.82, 2.24) is 10.2 Å². The predicted molar refractivity (Wildman–Crippen MR) is 89.1 cm³/mol. The summed E-state index contributed by atoms with van der Waals surface area (Å²) in [5.41, 5.74) is 1.42. The van der Waals surface area contributed by atoms with E-state index in [2.05, 4.69) is 45.3 Å². The van der Waals surface area contributed by atoms with Crippen LogP contribution in [0.5, 0.6) is 0 Å². The molecule has 1 N–H and O–H groups in total. The Morgan fingerprint density at radius 3 is 2.74 bits per heavy atom. The Labute approximate surface area is 138 Å². The fourth-order valence-corrected chi connectivity index (χ4v) is 3.03. The number of ether oxygens (including phenoxy) is 1. The number of amides is 1. The van der Waals surface area contributed by atoms with E-state index >= 15 is 0 Å². The Hall–Kier alpha value is -1.88. The Morgan fingerprint density at radius 2 is 2.00 bits per heavy atom. The first-order valence-corrected chi connectivity index (χ1v) is 8.30. The zero-order valence-electron chi connectivity index (χ0n) is 13.8. The van der Waals surface area contributed by atoms with Crippen LogP contribution in [-0.4, -0.2) is 50.1 Å². The minimum absolute atomic E-state index is 0.0502. The number of likely N-dealkylation sites (tertiary alicyclic amines) is 1. The molecule has 1 aromatic rings. The summed E-state index contributed by atoms with van der Waals surface area (Å²) in [6, 6.07) is 10.7. The molecule has 1 aliphatic heterocycles. The summed E-state index contributed by atoms with van der Waals surface area (Å²) in [5.74, 6) is 0.104. The summed E-state index contributed by atoms with van der Waals surface area (Å²) in [7, 11) is 1.31. The molecule has 0 bridgehead atoms. The molecule has 2 rings (SSSR count). The van der Waals surface area contributed by atoms with E-state index in [0.29, 0.717) is 12.3 Å². The standard InChI is InChI=1S/C18H26N2O3/c1-23-18(22)14-19-17(21)10-13-20-11-5-8-16(9-12-20)15-6-3-2-4-7-15/h2-4,6-7,16H,5,8-14H2,1H3,(H,19,21). The van der Waals surface area contributed by atoms with Crippen LogP contribution in [-0.2, 0) is 14.3 Å². The number of hydrogen-bond donors (Lipinski definition) is 1. The topological polar surface area (TPSA) is 58.6 Å². The Kier molecular flexibility index (Phi) is 7.07. The lowest BCUT2D eigenvalue weighted by Gasteiger charge is -2.20. The molecule has 1 saturated heterocycles. The number of nitrogens with one attached hydrogen (secondary N) is 1. The largest absolute Gasteiger partial charge is 0.468 e. The summed E-state index contributed by atoms with van der Waals surface area (Å²) < 4.78 is 4.50. The first-order valence-electron chi connectivity index (χ1n) is 8.30. The minimum atomic E-state index is -0.418. The Bertz CT molecular complexity index is 504. The third kappa shape index (κ3) is 6.02. The van der Waals surface area contributed by atoms with Gasteiger partial charge >= 0.3 is 5.97 Å². The quantitative estimate of drug-likeness (QED) is 0.814. The van der Waals surface area contributed by atoms with Crippen LogP contribution in [0.4, 0.5) is 0 Å². The van der Waals surface area contributed by atoms with Gasteiger partial charge in [-0.1, -0.05) is 30.3 Å². The molecule has 1 aliphatic rings. The fraction of sp³-hybridized carbons (Fsp3) is 0.556. The van der Waals surface area contributed by atoms with Gasteiger partial charge in [0.15, 0.2) is 0 Å². The summed E-state index contributed by atoms with van der Waals surface area (Å²) in [4.78, 5) is 25.1. The van der Waals surface area contributed by atoms with E-state index in [9.17, 15) is 9.59 Å². The first-order chi connectivity index (χ1) is 11.2. The van der Waals surface area contributed by atoms with Crippen LogP contribution in [0.25, 0.3) is 0 Å². The molecular formula is C18H26N2O3. The van der Waals surface area contributed by atoms with Gasteiger partial charge in [-0.3, -0.25) is 9.59 Å². The van der Waals surface area contributed by atoms with E-state index in [1.807, 2.05) is 0 Å². The van der Waals surface area contributed by atoms with Crippen LogP contribution in [0.1, 0.15) is 37.2 Å². The maximum Gasteiger partial charge on any atom is 0.325 e.